The van der Waals surface area contributed by atoms with Crippen molar-refractivity contribution in [2.24, 2.45) is 0 Å². The van der Waals surface area contributed by atoms with E-state index in [0.29, 0.717) is 0 Å². The highest BCUT2D eigenvalue weighted by atomic mass is 16.5. The Bertz CT molecular complexity index is 832. The molecule has 2 aromatic rings. The van der Waals surface area contributed by atoms with Crippen molar-refractivity contribution in [1.82, 2.24) is 4.90 Å². The quantitative estimate of drug-likeness (QED) is 0.759. The van der Waals surface area contributed by atoms with Gasteiger partial charge in [0.25, 0.3) is 5.91 Å². The number of para-hydroxylation sites is 3. The standard InChI is InChI=1S/C23H28N2O3/c1-17(18-9-3-5-11-20(18)27-2)15-22(24-13-7-8-14-24)25-19-10-4-6-12-21(19)28-16-23(25)26/h3-6,9-12,17,22H,7-8,13-16H2,1-2H3. The molecule has 2 aromatic carbocycles. The number of methoxy groups -OCH3 is 1. The summed E-state index contributed by atoms with van der Waals surface area (Å²) >= 11 is 0. The Morgan fingerprint density at radius 3 is 2.57 bits per heavy atom. The lowest BCUT2D eigenvalue weighted by Crippen LogP contribution is -2.53. The number of rotatable bonds is 6. The van der Waals surface area contributed by atoms with Gasteiger partial charge in [-0.3, -0.25) is 14.6 Å². The number of likely N-dealkylation sites (tertiary alicyclic amines) is 1. The average molecular weight is 380 g/mol. The third-order valence-corrected chi connectivity index (χ3v) is 5.84. The zero-order valence-corrected chi connectivity index (χ0v) is 16.6. The molecule has 0 bridgehead atoms. The maximum atomic E-state index is 12.9. The van der Waals surface area contributed by atoms with Gasteiger partial charge >= 0.3 is 0 Å². The van der Waals surface area contributed by atoms with E-state index in [1.54, 1.807) is 7.11 Å². The number of carbonyl (C=O) groups is 1. The fourth-order valence-corrected chi connectivity index (χ4v) is 4.42. The number of amides is 1. The van der Waals surface area contributed by atoms with Crippen molar-refractivity contribution in [3.8, 4) is 11.5 Å². The topological polar surface area (TPSA) is 42.0 Å². The molecule has 2 aliphatic rings. The number of benzene rings is 2. The normalized spacial score (nSPS) is 19.1. The van der Waals surface area contributed by atoms with Crippen LogP contribution in [0.2, 0.25) is 0 Å². The maximum absolute atomic E-state index is 12.9. The van der Waals surface area contributed by atoms with Crippen LogP contribution in [0.5, 0.6) is 11.5 Å². The average Bonchev–Trinajstić information content (AvgIpc) is 3.27. The number of carbonyl (C=O) groups excluding carboxylic acids is 1. The number of ether oxygens (including phenoxy) is 2. The highest BCUT2D eigenvalue weighted by molar-refractivity contribution is 5.98. The summed E-state index contributed by atoms with van der Waals surface area (Å²) in [5, 5.41) is 0. The maximum Gasteiger partial charge on any atom is 0.266 e. The molecule has 0 N–H and O–H groups in total. The van der Waals surface area contributed by atoms with Crippen LogP contribution in [0.25, 0.3) is 0 Å². The van der Waals surface area contributed by atoms with Gasteiger partial charge in [-0.15, -0.1) is 0 Å². The van der Waals surface area contributed by atoms with Gasteiger partial charge in [0.1, 0.15) is 11.5 Å². The molecule has 148 valence electrons. The second kappa shape index (κ2) is 8.23. The minimum Gasteiger partial charge on any atom is -0.496 e. The minimum absolute atomic E-state index is 0.0139. The van der Waals surface area contributed by atoms with Gasteiger partial charge in [-0.25, -0.2) is 0 Å². The van der Waals surface area contributed by atoms with Gasteiger partial charge in [-0.1, -0.05) is 37.3 Å². The summed E-state index contributed by atoms with van der Waals surface area (Å²) < 4.78 is 11.3. The van der Waals surface area contributed by atoms with Gasteiger partial charge in [0.2, 0.25) is 0 Å². The van der Waals surface area contributed by atoms with E-state index in [0.717, 1.165) is 36.7 Å². The number of nitrogens with zero attached hydrogens (tertiary/aromatic N) is 2. The van der Waals surface area contributed by atoms with Crippen LogP contribution in [0.15, 0.2) is 48.5 Å². The molecule has 2 aliphatic heterocycles. The molecule has 2 atom stereocenters. The summed E-state index contributed by atoms with van der Waals surface area (Å²) in [5.41, 5.74) is 2.06. The van der Waals surface area contributed by atoms with E-state index < -0.39 is 0 Å². The molecule has 0 saturated carbocycles. The van der Waals surface area contributed by atoms with Gasteiger partial charge < -0.3 is 9.47 Å². The van der Waals surface area contributed by atoms with Crippen LogP contribution in [0, 0.1) is 0 Å². The van der Waals surface area contributed by atoms with E-state index in [2.05, 4.69) is 24.0 Å². The molecule has 5 heteroatoms. The Morgan fingerprint density at radius 1 is 1.07 bits per heavy atom. The second-order valence-corrected chi connectivity index (χ2v) is 7.62. The predicted molar refractivity (Wildman–Crippen MR) is 110 cm³/mol. The SMILES string of the molecule is COc1ccccc1C(C)CC(N1CCCC1)N1C(=O)COc2ccccc21. The first kappa shape index (κ1) is 18.8. The van der Waals surface area contributed by atoms with Crippen LogP contribution in [0.4, 0.5) is 5.69 Å². The second-order valence-electron chi connectivity index (χ2n) is 7.62. The summed E-state index contributed by atoms with van der Waals surface area (Å²) in [7, 11) is 1.71. The van der Waals surface area contributed by atoms with Crippen molar-refractivity contribution in [1.29, 1.82) is 0 Å². The van der Waals surface area contributed by atoms with Crippen molar-refractivity contribution in [3.05, 3.63) is 54.1 Å². The zero-order chi connectivity index (χ0) is 19.5. The van der Waals surface area contributed by atoms with Crippen LogP contribution < -0.4 is 14.4 Å². The highest BCUT2D eigenvalue weighted by Gasteiger charge is 2.37. The minimum atomic E-state index is 0.0139. The fourth-order valence-electron chi connectivity index (χ4n) is 4.42. The highest BCUT2D eigenvalue weighted by Crippen LogP contribution is 2.38. The monoisotopic (exact) mass is 380 g/mol. The van der Waals surface area contributed by atoms with Crippen LogP contribution in [-0.2, 0) is 4.79 Å². The summed E-state index contributed by atoms with van der Waals surface area (Å²) in [6.45, 7) is 4.37. The molecule has 1 saturated heterocycles. The molecule has 1 amide bonds. The fraction of sp³-hybridized carbons (Fsp3) is 0.435. The molecule has 2 unspecified atom stereocenters. The van der Waals surface area contributed by atoms with Gasteiger partial charge in [0.15, 0.2) is 6.61 Å². The molecular weight excluding hydrogens is 352 g/mol. The van der Waals surface area contributed by atoms with E-state index >= 15 is 0 Å². The zero-order valence-electron chi connectivity index (χ0n) is 16.6. The van der Waals surface area contributed by atoms with Gasteiger partial charge in [0.05, 0.1) is 19.0 Å². The third-order valence-electron chi connectivity index (χ3n) is 5.84. The first-order valence-corrected chi connectivity index (χ1v) is 10.1. The summed E-state index contributed by atoms with van der Waals surface area (Å²) in [6, 6.07) is 16.0. The predicted octanol–water partition coefficient (Wildman–Crippen LogP) is 4.04. The van der Waals surface area contributed by atoms with Crippen LogP contribution in [0.3, 0.4) is 0 Å². The number of hydrogen-bond acceptors (Lipinski definition) is 4. The lowest BCUT2D eigenvalue weighted by Gasteiger charge is -2.41. The van der Waals surface area contributed by atoms with Gasteiger partial charge in [-0.05, 0) is 48.9 Å². The van der Waals surface area contributed by atoms with Crippen LogP contribution >= 0.6 is 0 Å². The molecule has 0 spiro atoms. The smallest absolute Gasteiger partial charge is 0.266 e. The summed E-state index contributed by atoms with van der Waals surface area (Å²) in [5.74, 6) is 1.98. The number of hydrogen-bond donors (Lipinski definition) is 0. The molecule has 0 aliphatic carbocycles. The summed E-state index contributed by atoms with van der Waals surface area (Å²) in [6.07, 6.45) is 3.22. The molecule has 2 heterocycles. The first-order valence-electron chi connectivity index (χ1n) is 10.1. The van der Waals surface area contributed by atoms with Crippen LogP contribution in [0.1, 0.15) is 37.7 Å². The van der Waals surface area contributed by atoms with Gasteiger partial charge in [-0.2, -0.15) is 0 Å². The van der Waals surface area contributed by atoms with Crippen molar-refractivity contribution in [2.75, 3.05) is 31.7 Å². The Hall–Kier alpha value is -2.53. The lowest BCUT2D eigenvalue weighted by atomic mass is 9.94. The van der Waals surface area contributed by atoms with Gasteiger partial charge in [0, 0.05) is 13.1 Å². The molecule has 0 aromatic heterocycles. The molecule has 28 heavy (non-hydrogen) atoms. The number of anilines is 1. The van der Waals surface area contributed by atoms with Crippen molar-refractivity contribution >= 4 is 11.6 Å². The third kappa shape index (κ3) is 3.59. The van der Waals surface area contributed by atoms with E-state index in [4.69, 9.17) is 9.47 Å². The molecule has 1 fully saturated rings. The van der Waals surface area contributed by atoms with E-state index in [1.807, 2.05) is 41.3 Å². The largest absolute Gasteiger partial charge is 0.496 e. The van der Waals surface area contributed by atoms with Crippen molar-refractivity contribution < 1.29 is 14.3 Å². The molecule has 5 nitrogen and oxygen atoms in total. The number of fused-ring (bicyclic) bond motifs is 1. The van der Waals surface area contributed by atoms with E-state index in [1.165, 1.54) is 18.4 Å². The molecular formula is C23H28N2O3. The van der Waals surface area contributed by atoms with E-state index in [9.17, 15) is 4.79 Å². The Morgan fingerprint density at radius 2 is 1.79 bits per heavy atom. The Kier molecular flexibility index (Phi) is 5.53. The molecule has 4 rings (SSSR count). The van der Waals surface area contributed by atoms with Crippen LogP contribution in [-0.4, -0.2) is 43.8 Å². The Labute approximate surface area is 166 Å². The van der Waals surface area contributed by atoms with Crippen molar-refractivity contribution in [3.63, 3.8) is 0 Å². The van der Waals surface area contributed by atoms with Crippen molar-refractivity contribution in [2.45, 2.75) is 38.3 Å². The Balaban J connectivity index is 1.67. The lowest BCUT2D eigenvalue weighted by molar-refractivity contribution is -0.122. The molecule has 0 radical (unpaired) electrons. The summed E-state index contributed by atoms with van der Waals surface area (Å²) in [4.78, 5) is 17.4. The van der Waals surface area contributed by atoms with E-state index in [-0.39, 0.29) is 24.6 Å². The first-order chi connectivity index (χ1) is 13.7.